The second kappa shape index (κ2) is 4.21. The average Bonchev–Trinajstić information content (AvgIpc) is 2.58. The van der Waals surface area contributed by atoms with Gasteiger partial charge in [0.1, 0.15) is 5.82 Å². The highest BCUT2D eigenvalue weighted by Gasteiger charge is 2.04. The second-order valence-corrected chi connectivity index (χ2v) is 4.10. The first-order valence-electron chi connectivity index (χ1n) is 5.05. The molecule has 0 atom stereocenters. The molecule has 15 heavy (non-hydrogen) atoms. The maximum atomic E-state index is 6.03. The number of nitrogens with zero attached hydrogens (tertiary/aromatic N) is 1. The topological polar surface area (TPSA) is 54.7 Å². The Labute approximate surface area is 93.6 Å². The molecule has 1 heterocycles. The summed E-state index contributed by atoms with van der Waals surface area (Å²) < 4.78 is 0. The van der Waals surface area contributed by atoms with Crippen LogP contribution in [0.2, 0.25) is 5.02 Å². The van der Waals surface area contributed by atoms with Crippen LogP contribution in [0.15, 0.2) is 12.1 Å². The summed E-state index contributed by atoms with van der Waals surface area (Å²) in [5, 5.41) is 0.763. The molecule has 3 nitrogen and oxygen atoms in total. The van der Waals surface area contributed by atoms with E-state index in [9.17, 15) is 0 Å². The van der Waals surface area contributed by atoms with E-state index < -0.39 is 0 Å². The Bertz CT molecular complexity index is 437. The molecule has 0 saturated heterocycles. The molecule has 0 unspecified atom stereocenters. The number of imidazole rings is 1. The summed E-state index contributed by atoms with van der Waals surface area (Å²) in [6, 6.07) is 3.92. The van der Waals surface area contributed by atoms with Crippen LogP contribution < -0.4 is 5.73 Å². The van der Waals surface area contributed by atoms with E-state index >= 15 is 0 Å². The molecule has 0 aliphatic rings. The highest BCUT2D eigenvalue weighted by atomic mass is 35.5. The largest absolute Gasteiger partial charge is 0.342 e. The maximum absolute atomic E-state index is 6.03. The molecule has 80 valence electrons. The molecule has 0 fully saturated rings. The van der Waals surface area contributed by atoms with E-state index in [0.29, 0.717) is 6.54 Å². The number of hydrogen-bond acceptors (Lipinski definition) is 2. The van der Waals surface area contributed by atoms with E-state index in [-0.39, 0.29) is 0 Å². The van der Waals surface area contributed by atoms with Crippen LogP contribution in [0.5, 0.6) is 0 Å². The minimum Gasteiger partial charge on any atom is -0.342 e. The number of benzene rings is 1. The summed E-state index contributed by atoms with van der Waals surface area (Å²) in [6.45, 7) is 2.68. The molecule has 0 bridgehead atoms. The first kappa shape index (κ1) is 10.5. The molecule has 1 aromatic heterocycles. The fourth-order valence-corrected chi connectivity index (χ4v) is 1.74. The van der Waals surface area contributed by atoms with Crippen molar-refractivity contribution in [3.8, 4) is 0 Å². The Morgan fingerprint density at radius 1 is 1.47 bits per heavy atom. The zero-order chi connectivity index (χ0) is 10.8. The molecule has 0 amide bonds. The van der Waals surface area contributed by atoms with Gasteiger partial charge in [-0.05, 0) is 37.6 Å². The third-order valence-electron chi connectivity index (χ3n) is 2.43. The van der Waals surface area contributed by atoms with Crippen molar-refractivity contribution in [1.82, 2.24) is 9.97 Å². The number of fused-ring (bicyclic) bond motifs is 1. The SMILES string of the molecule is Cc1cc2[nH]c(CCCN)nc2cc1Cl. The van der Waals surface area contributed by atoms with Crippen molar-refractivity contribution in [1.29, 1.82) is 0 Å². The molecular formula is C11H14ClN3. The van der Waals surface area contributed by atoms with E-state index in [1.54, 1.807) is 0 Å². The summed E-state index contributed by atoms with van der Waals surface area (Å²) in [7, 11) is 0. The van der Waals surface area contributed by atoms with E-state index in [4.69, 9.17) is 17.3 Å². The maximum Gasteiger partial charge on any atom is 0.107 e. The highest BCUT2D eigenvalue weighted by Crippen LogP contribution is 2.21. The smallest absolute Gasteiger partial charge is 0.107 e. The standard InChI is InChI=1S/C11H14ClN3/c1-7-5-9-10(6-8(7)12)15-11(14-9)3-2-4-13/h5-6H,2-4,13H2,1H3,(H,14,15). The van der Waals surface area contributed by atoms with Crippen molar-refractivity contribution in [3.05, 3.63) is 28.5 Å². The van der Waals surface area contributed by atoms with Gasteiger partial charge in [-0.1, -0.05) is 11.6 Å². The molecule has 2 rings (SSSR count). The van der Waals surface area contributed by atoms with Gasteiger partial charge in [-0.25, -0.2) is 4.98 Å². The first-order valence-corrected chi connectivity index (χ1v) is 5.43. The van der Waals surface area contributed by atoms with Crippen molar-refractivity contribution < 1.29 is 0 Å². The lowest BCUT2D eigenvalue weighted by atomic mass is 10.2. The lowest BCUT2D eigenvalue weighted by molar-refractivity contribution is 0.796. The van der Waals surface area contributed by atoms with Crippen LogP contribution in [0.25, 0.3) is 11.0 Å². The summed E-state index contributed by atoms with van der Waals surface area (Å²) in [4.78, 5) is 7.73. The Morgan fingerprint density at radius 2 is 2.27 bits per heavy atom. The molecule has 0 radical (unpaired) electrons. The van der Waals surface area contributed by atoms with Gasteiger partial charge in [0.25, 0.3) is 0 Å². The Morgan fingerprint density at radius 3 is 3.00 bits per heavy atom. The lowest BCUT2D eigenvalue weighted by Gasteiger charge is -1.95. The summed E-state index contributed by atoms with van der Waals surface area (Å²) in [6.07, 6.45) is 1.84. The normalized spacial score (nSPS) is 11.1. The van der Waals surface area contributed by atoms with Gasteiger partial charge in [-0.3, -0.25) is 0 Å². The van der Waals surface area contributed by atoms with Gasteiger partial charge in [-0.2, -0.15) is 0 Å². The van der Waals surface area contributed by atoms with Crippen molar-refractivity contribution in [2.45, 2.75) is 19.8 Å². The fraction of sp³-hybridized carbons (Fsp3) is 0.364. The number of aromatic amines is 1. The van der Waals surface area contributed by atoms with Crippen LogP contribution in [0.1, 0.15) is 17.8 Å². The van der Waals surface area contributed by atoms with Gasteiger partial charge in [0.05, 0.1) is 11.0 Å². The van der Waals surface area contributed by atoms with Crippen molar-refractivity contribution in [3.63, 3.8) is 0 Å². The number of H-pyrrole nitrogens is 1. The molecule has 0 saturated carbocycles. The van der Waals surface area contributed by atoms with Crippen molar-refractivity contribution in [2.24, 2.45) is 5.73 Å². The molecule has 4 heteroatoms. The van der Waals surface area contributed by atoms with Crippen molar-refractivity contribution in [2.75, 3.05) is 6.54 Å². The van der Waals surface area contributed by atoms with Crippen LogP contribution in [0.3, 0.4) is 0 Å². The van der Waals surface area contributed by atoms with Gasteiger partial charge in [0.2, 0.25) is 0 Å². The van der Waals surface area contributed by atoms with E-state index in [2.05, 4.69) is 9.97 Å². The van der Waals surface area contributed by atoms with E-state index in [1.807, 2.05) is 19.1 Å². The second-order valence-electron chi connectivity index (χ2n) is 3.69. The summed E-state index contributed by atoms with van der Waals surface area (Å²) in [5.41, 5.74) is 8.50. The molecule has 2 aromatic rings. The summed E-state index contributed by atoms with van der Waals surface area (Å²) >= 11 is 6.03. The van der Waals surface area contributed by atoms with Crippen LogP contribution in [0.4, 0.5) is 0 Å². The number of aromatic nitrogens is 2. The number of nitrogens with one attached hydrogen (secondary N) is 1. The molecule has 0 aliphatic heterocycles. The predicted octanol–water partition coefficient (Wildman–Crippen LogP) is 2.42. The molecule has 1 aromatic carbocycles. The minimum atomic E-state index is 0.691. The van der Waals surface area contributed by atoms with Gasteiger partial charge in [0, 0.05) is 11.4 Å². The summed E-state index contributed by atoms with van der Waals surface area (Å²) in [5.74, 6) is 0.983. The van der Waals surface area contributed by atoms with Gasteiger partial charge in [-0.15, -0.1) is 0 Å². The quantitative estimate of drug-likeness (QED) is 0.840. The number of aryl methyl sites for hydroxylation is 2. The number of rotatable bonds is 3. The zero-order valence-electron chi connectivity index (χ0n) is 8.68. The Balaban J connectivity index is 2.38. The molecular weight excluding hydrogens is 210 g/mol. The lowest BCUT2D eigenvalue weighted by Crippen LogP contribution is -2.01. The molecule has 3 N–H and O–H groups in total. The highest BCUT2D eigenvalue weighted by molar-refractivity contribution is 6.32. The van der Waals surface area contributed by atoms with Crippen LogP contribution in [-0.2, 0) is 6.42 Å². The fourth-order valence-electron chi connectivity index (χ4n) is 1.58. The Hall–Kier alpha value is -1.06. The van der Waals surface area contributed by atoms with Gasteiger partial charge < -0.3 is 10.7 Å². The Kier molecular flexibility index (Phi) is 2.93. The molecule has 0 spiro atoms. The van der Waals surface area contributed by atoms with Gasteiger partial charge >= 0.3 is 0 Å². The number of hydrogen-bond donors (Lipinski definition) is 2. The van der Waals surface area contributed by atoms with E-state index in [0.717, 1.165) is 40.3 Å². The van der Waals surface area contributed by atoms with Crippen LogP contribution in [-0.4, -0.2) is 16.5 Å². The third-order valence-corrected chi connectivity index (χ3v) is 2.84. The third kappa shape index (κ3) is 2.13. The predicted molar refractivity (Wildman–Crippen MR) is 63.2 cm³/mol. The van der Waals surface area contributed by atoms with Crippen molar-refractivity contribution >= 4 is 22.6 Å². The first-order chi connectivity index (χ1) is 7.20. The number of nitrogens with two attached hydrogens (primary N) is 1. The molecule has 0 aliphatic carbocycles. The monoisotopic (exact) mass is 223 g/mol. The zero-order valence-corrected chi connectivity index (χ0v) is 9.43. The number of halogens is 1. The van der Waals surface area contributed by atoms with Crippen LogP contribution >= 0.6 is 11.6 Å². The van der Waals surface area contributed by atoms with E-state index in [1.165, 1.54) is 0 Å². The average molecular weight is 224 g/mol. The van der Waals surface area contributed by atoms with Gasteiger partial charge in [0.15, 0.2) is 0 Å². The van der Waals surface area contributed by atoms with Crippen LogP contribution in [0, 0.1) is 6.92 Å². The minimum absolute atomic E-state index is 0.691.